The second-order valence-corrected chi connectivity index (χ2v) is 14.8. The molecule has 6 heteroatoms. The summed E-state index contributed by atoms with van der Waals surface area (Å²) in [6, 6.07) is 15.8. The lowest BCUT2D eigenvalue weighted by molar-refractivity contribution is -0.131. The largest absolute Gasteiger partial charge is 0.326 e. The van der Waals surface area contributed by atoms with E-state index in [-0.39, 0.29) is 34.2 Å². The Bertz CT molecular complexity index is 1360. The van der Waals surface area contributed by atoms with Gasteiger partial charge in [-0.15, -0.1) is 0 Å². The van der Waals surface area contributed by atoms with E-state index < -0.39 is 21.7 Å². The molecule has 4 aliphatic carbocycles. The first-order chi connectivity index (χ1) is 19.1. The third kappa shape index (κ3) is 3.48. The van der Waals surface area contributed by atoms with E-state index >= 15 is 0 Å². The summed E-state index contributed by atoms with van der Waals surface area (Å²) < 4.78 is 0. The SMILES string of the molecule is CC1(C)[C@@]2(C(=O)Nc3ccc(Cc4ccc(NC(=O)[C@@]56CC[C@](C)(C(=O)C5)C6(C)C)cc4)cc3)CC[C@]1(C)C(=O)C2. The molecule has 216 valence electrons. The molecule has 0 radical (unpaired) electrons. The zero-order chi connectivity index (χ0) is 29.6. The molecule has 4 aliphatic rings. The Balaban J connectivity index is 1.08. The Morgan fingerprint density at radius 2 is 0.927 bits per heavy atom. The van der Waals surface area contributed by atoms with Crippen LogP contribution in [0.2, 0.25) is 0 Å². The number of fused-ring (bicyclic) bond motifs is 4. The van der Waals surface area contributed by atoms with Gasteiger partial charge in [0.2, 0.25) is 11.8 Å². The number of rotatable bonds is 6. The molecule has 4 saturated carbocycles. The highest BCUT2D eigenvalue weighted by Gasteiger charge is 2.73. The molecule has 2 N–H and O–H groups in total. The van der Waals surface area contributed by atoms with Gasteiger partial charge in [-0.25, -0.2) is 0 Å². The summed E-state index contributed by atoms with van der Waals surface area (Å²) in [6.45, 7) is 12.3. The normalized spacial score (nSPS) is 34.2. The minimum absolute atomic E-state index is 0.0467. The maximum Gasteiger partial charge on any atom is 0.231 e. The number of benzene rings is 2. The Kier molecular flexibility index (Phi) is 5.86. The van der Waals surface area contributed by atoms with Gasteiger partial charge in [0.05, 0.1) is 10.8 Å². The monoisotopic (exact) mass is 554 g/mol. The molecule has 0 aliphatic heterocycles. The molecule has 2 aromatic carbocycles. The van der Waals surface area contributed by atoms with Gasteiger partial charge in [-0.3, -0.25) is 19.2 Å². The van der Waals surface area contributed by atoms with Crippen LogP contribution in [-0.2, 0) is 25.6 Å². The van der Waals surface area contributed by atoms with E-state index in [1.807, 2.05) is 62.4 Å². The molecule has 6 rings (SSSR count). The first-order valence-electron chi connectivity index (χ1n) is 15.0. The summed E-state index contributed by atoms with van der Waals surface area (Å²) in [4.78, 5) is 52.4. The molecule has 2 aromatic rings. The molecule has 0 heterocycles. The lowest BCUT2D eigenvalue weighted by Crippen LogP contribution is -2.43. The van der Waals surface area contributed by atoms with Crippen LogP contribution in [0.15, 0.2) is 48.5 Å². The van der Waals surface area contributed by atoms with Crippen molar-refractivity contribution in [2.45, 2.75) is 86.5 Å². The van der Waals surface area contributed by atoms with Gasteiger partial charge in [0, 0.05) is 35.0 Å². The van der Waals surface area contributed by atoms with Crippen molar-refractivity contribution in [2.24, 2.45) is 32.5 Å². The van der Waals surface area contributed by atoms with Crippen LogP contribution in [0.4, 0.5) is 11.4 Å². The Labute approximate surface area is 243 Å². The maximum atomic E-state index is 13.5. The molecule has 0 unspecified atom stereocenters. The van der Waals surface area contributed by atoms with Crippen molar-refractivity contribution >= 4 is 34.8 Å². The van der Waals surface area contributed by atoms with E-state index in [0.29, 0.717) is 12.8 Å². The van der Waals surface area contributed by atoms with Crippen LogP contribution in [0, 0.1) is 32.5 Å². The maximum absolute atomic E-state index is 13.5. The Morgan fingerprint density at radius 1 is 0.585 bits per heavy atom. The van der Waals surface area contributed by atoms with Crippen molar-refractivity contribution in [1.82, 2.24) is 0 Å². The van der Waals surface area contributed by atoms with Gasteiger partial charge in [-0.1, -0.05) is 65.8 Å². The standard InChI is InChI=1S/C35H42N2O4/c1-30(2)32(5)15-17-34(30,20-26(32)38)28(40)36-24-11-7-22(8-12-24)19-23-9-13-25(14-10-23)37-29(41)35-18-16-33(6,27(39)21-35)31(35,3)4/h7-14H,15-21H2,1-6H3,(H,36,40)(H,37,41)/t32-,33-,34-,35+/m1/s1. The van der Waals surface area contributed by atoms with Crippen molar-refractivity contribution in [1.29, 1.82) is 0 Å². The van der Waals surface area contributed by atoms with E-state index in [1.54, 1.807) is 0 Å². The molecule has 4 fully saturated rings. The lowest BCUT2D eigenvalue weighted by atomic mass is 9.64. The van der Waals surface area contributed by atoms with Gasteiger partial charge in [0.25, 0.3) is 0 Å². The van der Waals surface area contributed by atoms with Crippen LogP contribution in [0.25, 0.3) is 0 Å². The van der Waals surface area contributed by atoms with E-state index in [1.165, 1.54) is 0 Å². The van der Waals surface area contributed by atoms with Gasteiger partial charge >= 0.3 is 0 Å². The third-order valence-electron chi connectivity index (χ3n) is 13.1. The predicted octanol–water partition coefficient (Wildman–Crippen LogP) is 6.73. The Hall–Kier alpha value is -3.28. The van der Waals surface area contributed by atoms with Gasteiger partial charge in [-0.2, -0.15) is 0 Å². The smallest absolute Gasteiger partial charge is 0.231 e. The van der Waals surface area contributed by atoms with Crippen LogP contribution in [0.5, 0.6) is 0 Å². The van der Waals surface area contributed by atoms with Crippen molar-refractivity contribution in [3.05, 3.63) is 59.7 Å². The van der Waals surface area contributed by atoms with Crippen molar-refractivity contribution in [2.75, 3.05) is 10.6 Å². The average Bonchev–Trinajstić information content (AvgIpc) is 3.39. The van der Waals surface area contributed by atoms with Gasteiger partial charge in [0.15, 0.2) is 0 Å². The summed E-state index contributed by atoms with van der Waals surface area (Å²) in [5.41, 5.74) is 0.840. The zero-order valence-corrected chi connectivity index (χ0v) is 25.2. The summed E-state index contributed by atoms with van der Waals surface area (Å²) in [6.07, 6.45) is 4.41. The van der Waals surface area contributed by atoms with Gasteiger partial charge in [0.1, 0.15) is 11.6 Å². The molecule has 4 bridgehead atoms. The molecule has 0 saturated heterocycles. The molecular weight excluding hydrogens is 512 g/mol. The molecule has 0 spiro atoms. The first kappa shape index (κ1) is 27.9. The van der Waals surface area contributed by atoms with E-state index in [0.717, 1.165) is 54.6 Å². The lowest BCUT2D eigenvalue weighted by Gasteiger charge is -2.38. The second kappa shape index (κ2) is 8.62. The second-order valence-electron chi connectivity index (χ2n) is 14.8. The highest BCUT2D eigenvalue weighted by Crippen LogP contribution is 2.71. The fourth-order valence-corrected chi connectivity index (χ4v) is 8.87. The number of nitrogens with one attached hydrogen (secondary N) is 2. The van der Waals surface area contributed by atoms with Crippen LogP contribution in [0.1, 0.15) is 91.2 Å². The molecular formula is C35H42N2O4. The highest BCUT2D eigenvalue weighted by molar-refractivity contribution is 6.05. The average molecular weight is 555 g/mol. The van der Waals surface area contributed by atoms with Gasteiger partial charge < -0.3 is 10.6 Å². The molecule has 6 nitrogen and oxygen atoms in total. The van der Waals surface area contributed by atoms with E-state index in [2.05, 4.69) is 38.3 Å². The summed E-state index contributed by atoms with van der Waals surface area (Å²) >= 11 is 0. The summed E-state index contributed by atoms with van der Waals surface area (Å²) in [5.74, 6) is 0.330. The highest BCUT2D eigenvalue weighted by atomic mass is 16.2. The van der Waals surface area contributed by atoms with E-state index in [9.17, 15) is 19.2 Å². The number of ketones is 2. The topological polar surface area (TPSA) is 92.3 Å². The molecule has 4 atom stereocenters. The quantitative estimate of drug-likeness (QED) is 0.414. The van der Waals surface area contributed by atoms with Crippen molar-refractivity contribution in [3.63, 3.8) is 0 Å². The minimum atomic E-state index is -0.644. The summed E-state index contributed by atoms with van der Waals surface area (Å²) in [5, 5.41) is 6.21. The minimum Gasteiger partial charge on any atom is -0.326 e. The van der Waals surface area contributed by atoms with Crippen molar-refractivity contribution in [3.8, 4) is 0 Å². The van der Waals surface area contributed by atoms with Crippen LogP contribution < -0.4 is 10.6 Å². The zero-order valence-electron chi connectivity index (χ0n) is 25.2. The number of carbonyl (C=O) groups is 4. The third-order valence-corrected chi connectivity index (χ3v) is 13.1. The van der Waals surface area contributed by atoms with Crippen LogP contribution >= 0.6 is 0 Å². The number of carbonyl (C=O) groups excluding carboxylic acids is 4. The fraction of sp³-hybridized carbons (Fsp3) is 0.543. The molecule has 41 heavy (non-hydrogen) atoms. The number of anilines is 2. The molecule has 2 amide bonds. The summed E-state index contributed by atoms with van der Waals surface area (Å²) in [7, 11) is 0. The van der Waals surface area contributed by atoms with Gasteiger partial charge in [-0.05, 0) is 78.3 Å². The fourth-order valence-electron chi connectivity index (χ4n) is 8.87. The molecule has 0 aromatic heterocycles. The van der Waals surface area contributed by atoms with Crippen molar-refractivity contribution < 1.29 is 19.2 Å². The first-order valence-corrected chi connectivity index (χ1v) is 15.0. The number of amides is 2. The predicted molar refractivity (Wildman–Crippen MR) is 159 cm³/mol. The van der Waals surface area contributed by atoms with Crippen LogP contribution in [0.3, 0.4) is 0 Å². The Morgan fingerprint density at radius 3 is 1.20 bits per heavy atom. The van der Waals surface area contributed by atoms with Crippen LogP contribution in [-0.4, -0.2) is 23.4 Å². The number of Topliss-reactive ketones (excluding diaryl/α,β-unsaturated/α-hetero) is 2. The van der Waals surface area contributed by atoms with E-state index in [4.69, 9.17) is 0 Å². The number of hydrogen-bond donors (Lipinski definition) is 2. The number of hydrogen-bond acceptors (Lipinski definition) is 4.